The quantitative estimate of drug-likeness (QED) is 0.634. The second-order valence-electron chi connectivity index (χ2n) is 3.72. The molecule has 0 radical (unpaired) electrons. The fourth-order valence-corrected chi connectivity index (χ4v) is 1.46. The number of esters is 1. The molecule has 96 valence electrons. The highest BCUT2D eigenvalue weighted by Gasteiger charge is 2.15. The van der Waals surface area contributed by atoms with Gasteiger partial charge in [0, 0.05) is 19.5 Å². The monoisotopic (exact) mass is 251 g/mol. The Morgan fingerprint density at radius 3 is 2.89 bits per heavy atom. The van der Waals surface area contributed by atoms with Gasteiger partial charge in [0.1, 0.15) is 5.75 Å². The van der Waals surface area contributed by atoms with Crippen LogP contribution in [0.3, 0.4) is 0 Å². The van der Waals surface area contributed by atoms with Gasteiger partial charge in [-0.05, 0) is 12.1 Å². The molecule has 1 amide bonds. The first-order chi connectivity index (χ1) is 8.65. The van der Waals surface area contributed by atoms with Crippen LogP contribution in [0.25, 0.3) is 0 Å². The van der Waals surface area contributed by atoms with Crippen molar-refractivity contribution in [2.45, 2.75) is 13.3 Å². The van der Waals surface area contributed by atoms with E-state index in [0.29, 0.717) is 17.2 Å². The summed E-state index contributed by atoms with van der Waals surface area (Å²) in [7, 11) is 0. The van der Waals surface area contributed by atoms with E-state index in [1.165, 1.54) is 6.92 Å². The average Bonchev–Trinajstić information content (AvgIpc) is 2.75. The molecular formula is C12H13NO5. The van der Waals surface area contributed by atoms with Crippen LogP contribution in [-0.2, 0) is 9.59 Å². The molecule has 0 unspecified atom stereocenters. The molecule has 0 saturated heterocycles. The van der Waals surface area contributed by atoms with E-state index < -0.39 is 5.97 Å². The maximum absolute atomic E-state index is 11.4. The molecule has 0 bridgehead atoms. The molecule has 0 atom stereocenters. The number of carbonyl (C=O) groups is 2. The Hall–Kier alpha value is -2.24. The maximum atomic E-state index is 11.4. The molecular weight excluding hydrogens is 238 g/mol. The molecule has 1 aliphatic heterocycles. The van der Waals surface area contributed by atoms with Gasteiger partial charge >= 0.3 is 5.97 Å². The molecule has 1 N–H and O–H groups in total. The number of hydrogen-bond acceptors (Lipinski definition) is 5. The Balaban J connectivity index is 1.85. The number of hydrogen-bond donors (Lipinski definition) is 1. The highest BCUT2D eigenvalue weighted by molar-refractivity contribution is 5.75. The van der Waals surface area contributed by atoms with E-state index in [-0.39, 0.29) is 25.7 Å². The second-order valence-corrected chi connectivity index (χ2v) is 3.72. The van der Waals surface area contributed by atoms with Crippen molar-refractivity contribution >= 4 is 11.9 Å². The average molecular weight is 251 g/mol. The van der Waals surface area contributed by atoms with Crippen LogP contribution in [0.1, 0.15) is 13.3 Å². The van der Waals surface area contributed by atoms with Gasteiger partial charge in [0.25, 0.3) is 0 Å². The van der Waals surface area contributed by atoms with Gasteiger partial charge in [-0.3, -0.25) is 9.59 Å². The van der Waals surface area contributed by atoms with E-state index in [0.717, 1.165) is 0 Å². The molecule has 0 spiro atoms. The summed E-state index contributed by atoms with van der Waals surface area (Å²) in [5.74, 6) is 0.996. The third-order valence-electron chi connectivity index (χ3n) is 2.28. The van der Waals surface area contributed by atoms with Crippen LogP contribution in [0.5, 0.6) is 17.2 Å². The number of nitrogens with one attached hydrogen (secondary N) is 1. The molecule has 1 aromatic rings. The number of rotatable bonds is 4. The van der Waals surface area contributed by atoms with Crippen molar-refractivity contribution in [3.63, 3.8) is 0 Å². The molecule has 6 nitrogen and oxygen atoms in total. The van der Waals surface area contributed by atoms with Crippen molar-refractivity contribution in [3.05, 3.63) is 18.2 Å². The number of benzene rings is 1. The molecule has 0 fully saturated rings. The van der Waals surface area contributed by atoms with Gasteiger partial charge in [0.2, 0.25) is 12.7 Å². The Bertz CT molecular complexity index is 472. The van der Waals surface area contributed by atoms with Gasteiger partial charge in [0.15, 0.2) is 11.5 Å². The van der Waals surface area contributed by atoms with Gasteiger partial charge in [0.05, 0.1) is 6.42 Å². The number of ether oxygens (including phenoxy) is 3. The smallest absolute Gasteiger partial charge is 0.312 e. The Kier molecular flexibility index (Phi) is 3.66. The van der Waals surface area contributed by atoms with E-state index in [1.807, 2.05) is 0 Å². The van der Waals surface area contributed by atoms with Gasteiger partial charge in [-0.15, -0.1) is 0 Å². The van der Waals surface area contributed by atoms with Crippen LogP contribution < -0.4 is 19.5 Å². The molecule has 1 aromatic carbocycles. The largest absolute Gasteiger partial charge is 0.454 e. The van der Waals surface area contributed by atoms with Crippen LogP contribution in [0.4, 0.5) is 0 Å². The first kappa shape index (κ1) is 12.2. The van der Waals surface area contributed by atoms with Crippen molar-refractivity contribution in [1.82, 2.24) is 5.32 Å². The topological polar surface area (TPSA) is 73.9 Å². The van der Waals surface area contributed by atoms with E-state index in [1.54, 1.807) is 18.2 Å². The second kappa shape index (κ2) is 5.39. The van der Waals surface area contributed by atoms with Gasteiger partial charge in [-0.25, -0.2) is 0 Å². The summed E-state index contributed by atoms with van der Waals surface area (Å²) in [6.07, 6.45) is 0.119. The predicted octanol–water partition coefficient (Wildman–Crippen LogP) is 0.847. The van der Waals surface area contributed by atoms with Crippen LogP contribution in [0.15, 0.2) is 18.2 Å². The summed E-state index contributed by atoms with van der Waals surface area (Å²) in [6, 6.07) is 4.90. The minimum absolute atomic E-state index is 0.119. The minimum Gasteiger partial charge on any atom is -0.454 e. The maximum Gasteiger partial charge on any atom is 0.312 e. The zero-order chi connectivity index (χ0) is 13.0. The molecule has 1 heterocycles. The number of carbonyl (C=O) groups excluding carboxylic acids is 2. The van der Waals surface area contributed by atoms with Crippen LogP contribution in [0.2, 0.25) is 0 Å². The molecule has 6 heteroatoms. The zero-order valence-corrected chi connectivity index (χ0v) is 9.89. The highest BCUT2D eigenvalue weighted by Crippen LogP contribution is 2.35. The molecule has 2 rings (SSSR count). The first-order valence-electron chi connectivity index (χ1n) is 5.50. The van der Waals surface area contributed by atoms with Crippen molar-refractivity contribution in [2.24, 2.45) is 0 Å². The Labute approximate surface area is 104 Å². The Morgan fingerprint density at radius 1 is 1.33 bits per heavy atom. The third-order valence-corrected chi connectivity index (χ3v) is 2.28. The first-order valence-corrected chi connectivity index (χ1v) is 5.50. The summed E-state index contributed by atoms with van der Waals surface area (Å²) in [4.78, 5) is 22.1. The van der Waals surface area contributed by atoms with Crippen molar-refractivity contribution in [3.8, 4) is 17.2 Å². The lowest BCUT2D eigenvalue weighted by Gasteiger charge is -2.05. The van der Waals surface area contributed by atoms with Crippen molar-refractivity contribution < 1.29 is 23.8 Å². The molecule has 1 aliphatic rings. The normalized spacial score (nSPS) is 12.1. The fraction of sp³-hybridized carbons (Fsp3) is 0.333. The minimum atomic E-state index is -0.414. The molecule has 0 aromatic heterocycles. The van der Waals surface area contributed by atoms with Crippen LogP contribution >= 0.6 is 0 Å². The molecule has 0 aliphatic carbocycles. The summed E-state index contributed by atoms with van der Waals surface area (Å²) in [5, 5.41) is 2.52. The molecule has 0 saturated carbocycles. The third kappa shape index (κ3) is 3.13. The Morgan fingerprint density at radius 2 is 2.11 bits per heavy atom. The number of amides is 1. The van der Waals surface area contributed by atoms with E-state index in [9.17, 15) is 9.59 Å². The lowest BCUT2D eigenvalue weighted by atomic mass is 10.3. The zero-order valence-electron chi connectivity index (χ0n) is 9.89. The SMILES string of the molecule is CC(=O)NCCC(=O)Oc1ccc2c(c1)OCO2. The molecule has 18 heavy (non-hydrogen) atoms. The van der Waals surface area contributed by atoms with E-state index >= 15 is 0 Å². The summed E-state index contributed by atoms with van der Waals surface area (Å²) < 4.78 is 15.4. The van der Waals surface area contributed by atoms with Crippen molar-refractivity contribution in [2.75, 3.05) is 13.3 Å². The van der Waals surface area contributed by atoms with Gasteiger partial charge in [-0.1, -0.05) is 0 Å². The van der Waals surface area contributed by atoms with Gasteiger partial charge < -0.3 is 19.5 Å². The number of fused-ring (bicyclic) bond motifs is 1. The lowest BCUT2D eigenvalue weighted by molar-refractivity contribution is -0.134. The van der Waals surface area contributed by atoms with Gasteiger partial charge in [-0.2, -0.15) is 0 Å². The van der Waals surface area contributed by atoms with E-state index in [4.69, 9.17) is 14.2 Å². The lowest BCUT2D eigenvalue weighted by Crippen LogP contribution is -2.24. The summed E-state index contributed by atoms with van der Waals surface area (Å²) in [5.41, 5.74) is 0. The van der Waals surface area contributed by atoms with Crippen LogP contribution in [0, 0.1) is 0 Å². The van der Waals surface area contributed by atoms with E-state index in [2.05, 4.69) is 5.32 Å². The standard InChI is InChI=1S/C12H13NO5/c1-8(14)13-5-4-12(15)18-9-2-3-10-11(6-9)17-7-16-10/h2-3,6H,4-5,7H2,1H3,(H,13,14). The fourth-order valence-electron chi connectivity index (χ4n) is 1.46. The highest BCUT2D eigenvalue weighted by atomic mass is 16.7. The summed E-state index contributed by atoms with van der Waals surface area (Å²) >= 11 is 0. The summed E-state index contributed by atoms with van der Waals surface area (Å²) in [6.45, 7) is 1.83. The predicted molar refractivity (Wildman–Crippen MR) is 61.5 cm³/mol. The van der Waals surface area contributed by atoms with Crippen LogP contribution in [-0.4, -0.2) is 25.2 Å². The van der Waals surface area contributed by atoms with Crippen molar-refractivity contribution in [1.29, 1.82) is 0 Å².